The zero-order valence-corrected chi connectivity index (χ0v) is 22.0. The molecule has 0 radical (unpaired) electrons. The molecule has 0 aliphatic carbocycles. The van der Waals surface area contributed by atoms with Crippen LogP contribution in [0.25, 0.3) is 22.0 Å². The molecule has 4 rings (SSSR count). The minimum atomic E-state index is 0.615. The van der Waals surface area contributed by atoms with E-state index in [0.717, 1.165) is 25.2 Å². The number of allylic oxidation sites excluding steroid dienone is 1. The average molecular weight is 474 g/mol. The molecular formula is C28H35N5S. The van der Waals surface area contributed by atoms with Gasteiger partial charge in [0.25, 0.3) is 0 Å². The Bertz CT molecular complexity index is 1270. The quantitative estimate of drug-likeness (QED) is 0.281. The van der Waals surface area contributed by atoms with E-state index in [4.69, 9.17) is 4.99 Å². The Morgan fingerprint density at radius 2 is 1.91 bits per heavy atom. The second-order valence-electron chi connectivity index (χ2n) is 8.88. The molecule has 0 spiro atoms. The van der Waals surface area contributed by atoms with E-state index in [1.165, 1.54) is 50.1 Å². The van der Waals surface area contributed by atoms with E-state index in [9.17, 15) is 0 Å². The summed E-state index contributed by atoms with van der Waals surface area (Å²) in [5.41, 5.74) is 11.7. The first-order valence-electron chi connectivity index (χ1n) is 11.8. The molecule has 0 unspecified atom stereocenters. The van der Waals surface area contributed by atoms with E-state index in [2.05, 4.69) is 79.2 Å². The molecule has 1 aliphatic heterocycles. The molecule has 0 N–H and O–H groups in total. The van der Waals surface area contributed by atoms with Crippen LogP contribution in [0.2, 0.25) is 0 Å². The van der Waals surface area contributed by atoms with Crippen LogP contribution in [0.5, 0.6) is 0 Å². The standard InChI is InChI=1S/C28H35N5S/c1-8-24-21(4)27-28-25(26(24)22-11-9-19(2)10-12-22)15-20(3)33(28)14-13-32(27)18-30-17-23(16-29-5)31(6)34-7/h9-12,15-17H,5,8,13-14,18H2,1-4,6-7H3/b23-16+,30-17-. The number of nitrogens with zero attached hydrogens (tertiary/aromatic N) is 5. The maximum absolute atomic E-state index is 4.82. The van der Waals surface area contributed by atoms with E-state index in [1.807, 2.05) is 23.8 Å². The van der Waals surface area contributed by atoms with Crippen LogP contribution in [-0.4, -0.2) is 48.3 Å². The van der Waals surface area contributed by atoms with Gasteiger partial charge in [0.1, 0.15) is 6.67 Å². The van der Waals surface area contributed by atoms with Gasteiger partial charge in [-0.25, -0.2) is 0 Å². The third kappa shape index (κ3) is 4.27. The van der Waals surface area contributed by atoms with E-state index in [-0.39, 0.29) is 0 Å². The van der Waals surface area contributed by atoms with Gasteiger partial charge in [-0.05, 0) is 62.2 Å². The van der Waals surface area contributed by atoms with Crippen molar-refractivity contribution in [1.82, 2.24) is 8.87 Å². The molecule has 34 heavy (non-hydrogen) atoms. The van der Waals surface area contributed by atoms with Crippen LogP contribution in [0.1, 0.15) is 29.3 Å². The van der Waals surface area contributed by atoms with Gasteiger partial charge < -0.3 is 13.8 Å². The fraction of sp³-hybridized carbons (Fsp3) is 0.357. The summed E-state index contributed by atoms with van der Waals surface area (Å²) in [6.45, 7) is 15.1. The number of aliphatic imine (C=N–C) groups is 2. The van der Waals surface area contributed by atoms with Crippen molar-refractivity contribution in [1.29, 1.82) is 0 Å². The Morgan fingerprint density at radius 1 is 1.18 bits per heavy atom. The zero-order valence-electron chi connectivity index (χ0n) is 21.2. The highest BCUT2D eigenvalue weighted by Gasteiger charge is 2.27. The lowest BCUT2D eigenvalue weighted by atomic mass is 9.89. The molecule has 178 valence electrons. The smallest absolute Gasteiger partial charge is 0.110 e. The predicted octanol–water partition coefficient (Wildman–Crippen LogP) is 6.40. The minimum Gasteiger partial charge on any atom is -0.348 e. The number of hydrogen-bond acceptors (Lipinski definition) is 5. The molecule has 0 bridgehead atoms. The van der Waals surface area contributed by atoms with Crippen molar-refractivity contribution in [2.24, 2.45) is 9.98 Å². The summed E-state index contributed by atoms with van der Waals surface area (Å²) in [5.74, 6) is 0. The van der Waals surface area contributed by atoms with Crippen LogP contribution in [0.3, 0.4) is 0 Å². The zero-order chi connectivity index (χ0) is 24.4. The first kappa shape index (κ1) is 24.1. The normalized spacial score (nSPS) is 13.8. The van der Waals surface area contributed by atoms with Crippen LogP contribution in [0.4, 0.5) is 5.69 Å². The number of hydrogen-bond donors (Lipinski definition) is 0. The predicted molar refractivity (Wildman–Crippen MR) is 151 cm³/mol. The number of aryl methyl sites for hydroxylation is 2. The molecule has 0 fully saturated rings. The van der Waals surface area contributed by atoms with Crippen molar-refractivity contribution in [3.63, 3.8) is 0 Å². The van der Waals surface area contributed by atoms with Crippen LogP contribution < -0.4 is 4.90 Å². The summed E-state index contributed by atoms with van der Waals surface area (Å²) in [6, 6.07) is 11.4. The summed E-state index contributed by atoms with van der Waals surface area (Å²) in [6.07, 6.45) is 6.68. The molecule has 5 nitrogen and oxygen atoms in total. The molecule has 6 heteroatoms. The van der Waals surface area contributed by atoms with E-state index < -0.39 is 0 Å². The van der Waals surface area contributed by atoms with Gasteiger partial charge in [0.2, 0.25) is 0 Å². The van der Waals surface area contributed by atoms with Crippen molar-refractivity contribution in [3.05, 3.63) is 64.6 Å². The highest BCUT2D eigenvalue weighted by atomic mass is 32.2. The summed E-state index contributed by atoms with van der Waals surface area (Å²) < 4.78 is 4.53. The number of benzene rings is 2. The molecule has 0 atom stereocenters. The van der Waals surface area contributed by atoms with E-state index in [1.54, 1.807) is 18.1 Å². The molecule has 0 saturated carbocycles. The van der Waals surface area contributed by atoms with Gasteiger partial charge in [-0.15, -0.1) is 0 Å². The number of rotatable bonds is 8. The molecule has 2 heterocycles. The van der Waals surface area contributed by atoms with Crippen LogP contribution in [0.15, 0.2) is 52.2 Å². The van der Waals surface area contributed by atoms with Gasteiger partial charge in [-0.1, -0.05) is 48.7 Å². The van der Waals surface area contributed by atoms with Crippen LogP contribution in [-0.2, 0) is 13.0 Å². The Balaban J connectivity index is 1.83. The van der Waals surface area contributed by atoms with Gasteiger partial charge in [0, 0.05) is 43.7 Å². The van der Waals surface area contributed by atoms with E-state index >= 15 is 0 Å². The molecule has 0 saturated heterocycles. The first-order valence-corrected chi connectivity index (χ1v) is 13.0. The lowest BCUT2D eigenvalue weighted by Gasteiger charge is -2.33. The fourth-order valence-electron chi connectivity index (χ4n) is 5.06. The Kier molecular flexibility index (Phi) is 7.17. The molecule has 1 aromatic heterocycles. The Labute approximate surface area is 208 Å². The summed E-state index contributed by atoms with van der Waals surface area (Å²) >= 11 is 1.62. The lowest BCUT2D eigenvalue weighted by Crippen LogP contribution is -2.33. The third-order valence-corrected chi connectivity index (χ3v) is 7.61. The Hall–Kier alpha value is -2.99. The Morgan fingerprint density at radius 3 is 2.56 bits per heavy atom. The summed E-state index contributed by atoms with van der Waals surface area (Å²) in [5, 5.41) is 1.35. The SMILES string of the molecule is C=N/C=C(\C=N/CN1CCn2c(C)cc3c(-c4ccc(C)cc4)c(CC)c(C)c1c32)N(C)SC. The average Bonchev–Trinajstić information content (AvgIpc) is 3.17. The van der Waals surface area contributed by atoms with Gasteiger partial charge in [-0.2, -0.15) is 0 Å². The molecule has 1 aliphatic rings. The first-order chi connectivity index (χ1) is 16.4. The van der Waals surface area contributed by atoms with Gasteiger partial charge >= 0.3 is 0 Å². The van der Waals surface area contributed by atoms with Crippen molar-refractivity contribution in [3.8, 4) is 11.1 Å². The summed E-state index contributed by atoms with van der Waals surface area (Å²) in [7, 11) is 2.01. The number of aromatic nitrogens is 1. The molecule has 2 aromatic carbocycles. The largest absolute Gasteiger partial charge is 0.348 e. The highest BCUT2D eigenvalue weighted by Crippen LogP contribution is 2.44. The maximum Gasteiger partial charge on any atom is 0.110 e. The second-order valence-corrected chi connectivity index (χ2v) is 9.79. The van der Waals surface area contributed by atoms with Gasteiger partial charge in [-0.3, -0.25) is 9.98 Å². The summed E-state index contributed by atoms with van der Waals surface area (Å²) in [4.78, 5) is 11.2. The van der Waals surface area contributed by atoms with Crippen molar-refractivity contribution in [2.75, 3.05) is 31.4 Å². The fourth-order valence-corrected chi connectivity index (χ4v) is 5.37. The maximum atomic E-state index is 4.82. The van der Waals surface area contributed by atoms with E-state index in [0.29, 0.717) is 6.67 Å². The molecule has 0 amide bonds. The lowest BCUT2D eigenvalue weighted by molar-refractivity contribution is 0.642. The van der Waals surface area contributed by atoms with Crippen molar-refractivity contribution in [2.45, 2.75) is 40.7 Å². The highest BCUT2D eigenvalue weighted by molar-refractivity contribution is 7.96. The topological polar surface area (TPSA) is 36.1 Å². The van der Waals surface area contributed by atoms with Gasteiger partial charge in [0.15, 0.2) is 0 Å². The third-order valence-electron chi connectivity index (χ3n) is 6.85. The molecular weight excluding hydrogens is 438 g/mol. The monoisotopic (exact) mass is 473 g/mol. The number of anilines is 1. The van der Waals surface area contributed by atoms with Crippen LogP contribution >= 0.6 is 11.9 Å². The van der Waals surface area contributed by atoms with Crippen molar-refractivity contribution >= 4 is 41.5 Å². The molecule has 3 aromatic rings. The van der Waals surface area contributed by atoms with Gasteiger partial charge in [0.05, 0.1) is 23.1 Å². The van der Waals surface area contributed by atoms with Crippen LogP contribution in [0, 0.1) is 20.8 Å². The minimum absolute atomic E-state index is 0.615. The second kappa shape index (κ2) is 10.1. The van der Waals surface area contributed by atoms with Crippen molar-refractivity contribution < 1.29 is 0 Å².